The van der Waals surface area contributed by atoms with Crippen molar-refractivity contribution >= 4 is 15.9 Å². The molecule has 3 heteroatoms. The van der Waals surface area contributed by atoms with Crippen molar-refractivity contribution in [1.82, 2.24) is 4.98 Å². The lowest BCUT2D eigenvalue weighted by molar-refractivity contribution is 0.663. The molecule has 1 aromatic carbocycles. The van der Waals surface area contributed by atoms with Crippen LogP contribution < -0.4 is 5.73 Å². The quantitative estimate of drug-likeness (QED) is 0.940. The maximum Gasteiger partial charge on any atom is 0.0300 e. The van der Waals surface area contributed by atoms with Gasteiger partial charge in [-0.15, -0.1) is 0 Å². The SMILES string of the molecule is NC(Cc1ccc(Br)cc1)Cc1cccnc1. The van der Waals surface area contributed by atoms with Gasteiger partial charge in [0.2, 0.25) is 0 Å². The molecule has 1 heterocycles. The van der Waals surface area contributed by atoms with Crippen LogP contribution in [-0.4, -0.2) is 11.0 Å². The molecule has 2 N–H and O–H groups in total. The van der Waals surface area contributed by atoms with Gasteiger partial charge in [-0.25, -0.2) is 0 Å². The van der Waals surface area contributed by atoms with Crippen molar-refractivity contribution in [1.29, 1.82) is 0 Å². The first kappa shape index (κ1) is 12.3. The minimum absolute atomic E-state index is 0.139. The van der Waals surface area contributed by atoms with Gasteiger partial charge < -0.3 is 5.73 Å². The molecule has 1 aromatic heterocycles. The Balaban J connectivity index is 1.93. The number of aromatic nitrogens is 1. The van der Waals surface area contributed by atoms with Gasteiger partial charge in [-0.05, 0) is 42.2 Å². The van der Waals surface area contributed by atoms with Crippen LogP contribution in [0, 0.1) is 0 Å². The third-order valence-electron chi connectivity index (χ3n) is 2.63. The van der Waals surface area contributed by atoms with Gasteiger partial charge in [0.25, 0.3) is 0 Å². The molecule has 0 fully saturated rings. The van der Waals surface area contributed by atoms with Crippen LogP contribution in [0.3, 0.4) is 0 Å². The van der Waals surface area contributed by atoms with Crippen LogP contribution in [-0.2, 0) is 12.8 Å². The zero-order valence-electron chi connectivity index (χ0n) is 9.51. The number of nitrogens with two attached hydrogens (primary N) is 1. The van der Waals surface area contributed by atoms with E-state index in [0.717, 1.165) is 17.3 Å². The van der Waals surface area contributed by atoms with Crippen molar-refractivity contribution < 1.29 is 0 Å². The minimum atomic E-state index is 0.139. The summed E-state index contributed by atoms with van der Waals surface area (Å²) < 4.78 is 1.10. The Hall–Kier alpha value is -1.19. The summed E-state index contributed by atoms with van der Waals surface area (Å²) in [5.41, 5.74) is 8.60. The molecule has 0 aliphatic heterocycles. The van der Waals surface area contributed by atoms with Crippen LogP contribution >= 0.6 is 15.9 Å². The van der Waals surface area contributed by atoms with Gasteiger partial charge in [-0.2, -0.15) is 0 Å². The molecule has 0 amide bonds. The van der Waals surface area contributed by atoms with E-state index in [-0.39, 0.29) is 6.04 Å². The second-order valence-corrected chi connectivity index (χ2v) is 5.07. The largest absolute Gasteiger partial charge is 0.327 e. The van der Waals surface area contributed by atoms with Gasteiger partial charge >= 0.3 is 0 Å². The van der Waals surface area contributed by atoms with Crippen LogP contribution in [0.4, 0.5) is 0 Å². The molecule has 0 bridgehead atoms. The number of nitrogens with zero attached hydrogens (tertiary/aromatic N) is 1. The molecule has 2 nitrogen and oxygen atoms in total. The van der Waals surface area contributed by atoms with E-state index in [1.807, 2.05) is 24.4 Å². The normalized spacial score (nSPS) is 12.4. The number of halogens is 1. The van der Waals surface area contributed by atoms with Crippen molar-refractivity contribution in [3.8, 4) is 0 Å². The molecular weight excluding hydrogens is 276 g/mol. The molecule has 0 saturated heterocycles. The van der Waals surface area contributed by atoms with Gasteiger partial charge in [0.1, 0.15) is 0 Å². The fourth-order valence-electron chi connectivity index (χ4n) is 1.82. The lowest BCUT2D eigenvalue weighted by Gasteiger charge is -2.11. The number of pyridine rings is 1. The summed E-state index contributed by atoms with van der Waals surface area (Å²) in [6, 6.07) is 12.5. The summed E-state index contributed by atoms with van der Waals surface area (Å²) in [4.78, 5) is 4.09. The average molecular weight is 291 g/mol. The van der Waals surface area contributed by atoms with E-state index in [1.54, 1.807) is 6.20 Å². The molecule has 17 heavy (non-hydrogen) atoms. The fourth-order valence-corrected chi connectivity index (χ4v) is 2.08. The van der Waals surface area contributed by atoms with Crippen LogP contribution in [0.15, 0.2) is 53.3 Å². The number of hydrogen-bond donors (Lipinski definition) is 1. The van der Waals surface area contributed by atoms with Gasteiger partial charge in [-0.3, -0.25) is 4.98 Å². The van der Waals surface area contributed by atoms with E-state index < -0.39 is 0 Å². The van der Waals surface area contributed by atoms with Gasteiger partial charge in [0, 0.05) is 22.9 Å². The second-order valence-electron chi connectivity index (χ2n) is 4.16. The van der Waals surface area contributed by atoms with E-state index in [2.05, 4.69) is 39.1 Å². The summed E-state index contributed by atoms with van der Waals surface area (Å²) in [5, 5.41) is 0. The van der Waals surface area contributed by atoms with E-state index in [4.69, 9.17) is 5.73 Å². The Morgan fingerprint density at radius 1 is 1.06 bits per heavy atom. The highest BCUT2D eigenvalue weighted by atomic mass is 79.9. The van der Waals surface area contributed by atoms with Crippen molar-refractivity contribution in [2.24, 2.45) is 5.73 Å². The Morgan fingerprint density at radius 2 is 1.76 bits per heavy atom. The summed E-state index contributed by atoms with van der Waals surface area (Å²) in [7, 11) is 0. The highest BCUT2D eigenvalue weighted by Crippen LogP contribution is 2.12. The first-order valence-electron chi connectivity index (χ1n) is 5.63. The monoisotopic (exact) mass is 290 g/mol. The predicted molar refractivity (Wildman–Crippen MR) is 73.8 cm³/mol. The van der Waals surface area contributed by atoms with Crippen molar-refractivity contribution in [3.05, 3.63) is 64.4 Å². The fraction of sp³-hybridized carbons (Fsp3) is 0.214. The number of benzene rings is 1. The molecule has 88 valence electrons. The van der Waals surface area contributed by atoms with E-state index in [9.17, 15) is 0 Å². The van der Waals surface area contributed by atoms with Crippen LogP contribution in [0.1, 0.15) is 11.1 Å². The van der Waals surface area contributed by atoms with Gasteiger partial charge in [0.05, 0.1) is 0 Å². The van der Waals surface area contributed by atoms with E-state index in [1.165, 1.54) is 11.1 Å². The predicted octanol–water partition coefficient (Wildman–Crippen LogP) is 2.96. The summed E-state index contributed by atoms with van der Waals surface area (Å²) in [5.74, 6) is 0. The Bertz CT molecular complexity index is 453. The molecular formula is C14H15BrN2. The Morgan fingerprint density at radius 3 is 2.41 bits per heavy atom. The maximum absolute atomic E-state index is 6.14. The third-order valence-corrected chi connectivity index (χ3v) is 3.16. The maximum atomic E-state index is 6.14. The van der Waals surface area contributed by atoms with E-state index >= 15 is 0 Å². The lowest BCUT2D eigenvalue weighted by Crippen LogP contribution is -2.25. The molecule has 2 rings (SSSR count). The molecule has 2 aromatic rings. The summed E-state index contributed by atoms with van der Waals surface area (Å²) >= 11 is 3.43. The molecule has 0 spiro atoms. The number of rotatable bonds is 4. The molecule has 0 radical (unpaired) electrons. The van der Waals surface area contributed by atoms with E-state index in [0.29, 0.717) is 0 Å². The summed E-state index contributed by atoms with van der Waals surface area (Å²) in [6.45, 7) is 0. The molecule has 0 saturated carbocycles. The van der Waals surface area contributed by atoms with Crippen molar-refractivity contribution in [2.75, 3.05) is 0 Å². The van der Waals surface area contributed by atoms with Crippen molar-refractivity contribution in [3.63, 3.8) is 0 Å². The van der Waals surface area contributed by atoms with Gasteiger partial charge in [0.15, 0.2) is 0 Å². The second kappa shape index (κ2) is 5.94. The number of hydrogen-bond acceptors (Lipinski definition) is 2. The van der Waals surface area contributed by atoms with Crippen LogP contribution in [0.5, 0.6) is 0 Å². The third kappa shape index (κ3) is 3.95. The molecule has 1 unspecified atom stereocenters. The first-order valence-corrected chi connectivity index (χ1v) is 6.42. The average Bonchev–Trinajstić information content (AvgIpc) is 2.33. The smallest absolute Gasteiger partial charge is 0.0300 e. The first-order chi connectivity index (χ1) is 8.24. The standard InChI is InChI=1S/C14H15BrN2/c15-13-5-3-11(4-6-13)8-14(16)9-12-2-1-7-17-10-12/h1-7,10,14H,8-9,16H2. The highest BCUT2D eigenvalue weighted by Gasteiger charge is 2.05. The summed E-state index contributed by atoms with van der Waals surface area (Å²) in [6.07, 6.45) is 5.41. The van der Waals surface area contributed by atoms with Gasteiger partial charge in [-0.1, -0.05) is 34.1 Å². The Kier molecular flexibility index (Phi) is 4.29. The molecule has 1 atom stereocenters. The molecule has 0 aliphatic rings. The van der Waals surface area contributed by atoms with Crippen LogP contribution in [0.2, 0.25) is 0 Å². The minimum Gasteiger partial charge on any atom is -0.327 e. The van der Waals surface area contributed by atoms with Crippen molar-refractivity contribution in [2.45, 2.75) is 18.9 Å². The zero-order chi connectivity index (χ0) is 12.1. The topological polar surface area (TPSA) is 38.9 Å². The highest BCUT2D eigenvalue weighted by molar-refractivity contribution is 9.10. The van der Waals surface area contributed by atoms with Crippen LogP contribution in [0.25, 0.3) is 0 Å². The molecule has 0 aliphatic carbocycles. The zero-order valence-corrected chi connectivity index (χ0v) is 11.1. The Labute approximate surface area is 110 Å². The lowest BCUT2D eigenvalue weighted by atomic mass is 10.0.